The Labute approximate surface area is 175 Å². The molecule has 3 rings (SSSR count). The lowest BCUT2D eigenvalue weighted by molar-refractivity contribution is -0.274. The van der Waals surface area contributed by atoms with Gasteiger partial charge in [-0.05, 0) is 19.1 Å². The van der Waals surface area contributed by atoms with E-state index in [-0.39, 0.29) is 22.9 Å². The Hall–Kier alpha value is -3.17. The third-order valence-corrected chi connectivity index (χ3v) is 4.62. The zero-order chi connectivity index (χ0) is 22.1. The minimum atomic E-state index is -5.07. The maximum Gasteiger partial charge on any atom is 0.573 e. The predicted molar refractivity (Wildman–Crippen MR) is 99.7 cm³/mol. The Morgan fingerprint density at radius 2 is 1.97 bits per heavy atom. The van der Waals surface area contributed by atoms with Crippen molar-refractivity contribution in [2.45, 2.75) is 13.3 Å². The Balaban J connectivity index is 1.96. The first-order valence-corrected chi connectivity index (χ1v) is 9.00. The number of benzene rings is 1. The van der Waals surface area contributed by atoms with E-state index in [4.69, 9.17) is 11.6 Å². The number of hydrazone groups is 1. The highest BCUT2D eigenvalue weighted by molar-refractivity contribution is 6.99. The van der Waals surface area contributed by atoms with Gasteiger partial charge < -0.3 is 10.1 Å². The van der Waals surface area contributed by atoms with Crippen LogP contribution in [0.5, 0.6) is 5.75 Å². The van der Waals surface area contributed by atoms with Crippen LogP contribution in [0.1, 0.15) is 26.5 Å². The minimum Gasteiger partial charge on any atom is -0.404 e. The number of anilines is 1. The highest BCUT2D eigenvalue weighted by Crippen LogP contribution is 2.38. The minimum absolute atomic E-state index is 0.0708. The number of halogens is 4. The summed E-state index contributed by atoms with van der Waals surface area (Å²) in [6, 6.07) is 1.87. The molecule has 0 bridgehead atoms. The number of alkyl halides is 3. The number of hydrogen-bond acceptors (Lipinski definition) is 10. The average Bonchev–Trinajstić information content (AvgIpc) is 3.25. The van der Waals surface area contributed by atoms with Gasteiger partial charge in [-0.15, -0.1) is 23.8 Å². The van der Waals surface area contributed by atoms with Crippen LogP contribution >= 0.6 is 23.3 Å². The van der Waals surface area contributed by atoms with Crippen molar-refractivity contribution in [2.75, 3.05) is 12.4 Å². The fourth-order valence-corrected chi connectivity index (χ4v) is 3.07. The SMILES string of the molecule is Cc1nsnc1C(=O)Nc1c(OC(F)(F)F)ccc(C(=O)NC2=NNNN2C)c1Cl. The molecule has 1 aliphatic rings. The second-order valence-corrected chi connectivity index (χ2v) is 6.58. The van der Waals surface area contributed by atoms with Crippen molar-refractivity contribution in [2.24, 2.45) is 5.10 Å². The first-order chi connectivity index (χ1) is 14.1. The van der Waals surface area contributed by atoms with Crippen LogP contribution in [0.15, 0.2) is 17.2 Å². The van der Waals surface area contributed by atoms with E-state index in [2.05, 4.69) is 40.3 Å². The molecular weight excluding hydrogens is 453 g/mol. The van der Waals surface area contributed by atoms with Crippen LogP contribution in [0.25, 0.3) is 0 Å². The van der Waals surface area contributed by atoms with Crippen LogP contribution in [-0.4, -0.2) is 44.9 Å². The molecule has 16 heteroatoms. The number of aryl methyl sites for hydroxylation is 1. The summed E-state index contributed by atoms with van der Waals surface area (Å²) in [6.45, 7) is 1.50. The first kappa shape index (κ1) is 21.5. The molecule has 2 heterocycles. The van der Waals surface area contributed by atoms with Crippen molar-refractivity contribution in [1.82, 2.24) is 30.1 Å². The summed E-state index contributed by atoms with van der Waals surface area (Å²) >= 11 is 6.91. The van der Waals surface area contributed by atoms with Crippen molar-refractivity contribution in [3.05, 3.63) is 34.1 Å². The van der Waals surface area contributed by atoms with Gasteiger partial charge in [0.2, 0.25) is 5.96 Å². The van der Waals surface area contributed by atoms with Gasteiger partial charge in [0.1, 0.15) is 5.69 Å². The molecule has 2 amide bonds. The van der Waals surface area contributed by atoms with Gasteiger partial charge in [-0.2, -0.15) is 8.75 Å². The van der Waals surface area contributed by atoms with E-state index < -0.39 is 34.6 Å². The van der Waals surface area contributed by atoms with Crippen molar-refractivity contribution in [3.63, 3.8) is 0 Å². The van der Waals surface area contributed by atoms with Crippen molar-refractivity contribution < 1.29 is 27.5 Å². The number of rotatable bonds is 4. The lowest BCUT2D eigenvalue weighted by Crippen LogP contribution is -2.45. The number of amides is 2. The van der Waals surface area contributed by atoms with Crippen LogP contribution in [-0.2, 0) is 0 Å². The van der Waals surface area contributed by atoms with Gasteiger partial charge in [-0.1, -0.05) is 11.6 Å². The van der Waals surface area contributed by atoms with Gasteiger partial charge in [-0.3, -0.25) is 19.9 Å². The van der Waals surface area contributed by atoms with E-state index in [1.165, 1.54) is 19.0 Å². The smallest absolute Gasteiger partial charge is 0.404 e. The molecule has 30 heavy (non-hydrogen) atoms. The molecule has 0 saturated heterocycles. The lowest BCUT2D eigenvalue weighted by Gasteiger charge is -2.18. The topological polar surface area (TPSA) is 133 Å². The molecular formula is C14H12ClF3N8O3S. The van der Waals surface area contributed by atoms with Crippen LogP contribution in [0.4, 0.5) is 18.9 Å². The molecule has 0 saturated carbocycles. The number of hydrogen-bond donors (Lipinski definition) is 4. The summed E-state index contributed by atoms with van der Waals surface area (Å²) in [7, 11) is 1.54. The molecule has 4 N–H and O–H groups in total. The van der Waals surface area contributed by atoms with Gasteiger partial charge in [0.15, 0.2) is 11.4 Å². The quantitative estimate of drug-likeness (QED) is 0.536. The standard InChI is InChI=1S/C14H12ClF3N8O3S/c1-5-9(23-30-22-5)12(28)19-10-7(29-14(16,17)18)4-3-6(8(10)15)11(27)20-13-21-24-25-26(13)2/h3-4,24-25H,1-2H3,(H,19,28)(H,20,21,27). The molecule has 2 aromatic rings. The fraction of sp³-hybridized carbons (Fsp3) is 0.214. The van der Waals surface area contributed by atoms with E-state index in [0.717, 1.165) is 23.9 Å². The van der Waals surface area contributed by atoms with E-state index in [9.17, 15) is 22.8 Å². The normalized spacial score (nSPS) is 13.5. The molecule has 0 aliphatic carbocycles. The zero-order valence-corrected chi connectivity index (χ0v) is 16.7. The van der Waals surface area contributed by atoms with Crippen molar-refractivity contribution in [3.8, 4) is 5.75 Å². The Morgan fingerprint density at radius 1 is 1.23 bits per heavy atom. The molecule has 160 valence electrons. The summed E-state index contributed by atoms with van der Waals surface area (Å²) in [5.74, 6) is -2.41. The number of ether oxygens (including phenoxy) is 1. The average molecular weight is 465 g/mol. The van der Waals surface area contributed by atoms with Gasteiger partial charge in [0.05, 0.1) is 28.0 Å². The summed E-state index contributed by atoms with van der Waals surface area (Å²) in [5, 5.41) is 9.19. The number of nitrogens with one attached hydrogen (secondary N) is 4. The van der Waals surface area contributed by atoms with Crippen molar-refractivity contribution >= 4 is 46.8 Å². The summed E-state index contributed by atoms with van der Waals surface area (Å²) < 4.78 is 49.9. The van der Waals surface area contributed by atoms with Gasteiger partial charge in [-0.25, -0.2) is 5.53 Å². The molecule has 1 aliphatic heterocycles. The molecule has 0 unspecified atom stereocenters. The van der Waals surface area contributed by atoms with Crippen LogP contribution in [0.2, 0.25) is 5.02 Å². The number of hydrazine groups is 2. The Morgan fingerprint density at radius 3 is 2.53 bits per heavy atom. The van der Waals surface area contributed by atoms with Crippen LogP contribution in [0, 0.1) is 6.92 Å². The molecule has 0 atom stereocenters. The zero-order valence-electron chi connectivity index (χ0n) is 15.1. The predicted octanol–water partition coefficient (Wildman–Crippen LogP) is 1.61. The Bertz CT molecular complexity index is 1030. The van der Waals surface area contributed by atoms with Gasteiger partial charge in [0.25, 0.3) is 11.8 Å². The Kier molecular flexibility index (Phi) is 5.95. The highest BCUT2D eigenvalue weighted by atomic mass is 35.5. The monoisotopic (exact) mass is 464 g/mol. The molecule has 11 nitrogen and oxygen atoms in total. The summed E-state index contributed by atoms with van der Waals surface area (Å²) in [4.78, 5) is 25.0. The molecule has 0 fully saturated rings. The molecule has 1 aromatic carbocycles. The largest absolute Gasteiger partial charge is 0.573 e. The molecule has 0 radical (unpaired) electrons. The van der Waals surface area contributed by atoms with Crippen LogP contribution < -0.4 is 26.4 Å². The van der Waals surface area contributed by atoms with Crippen molar-refractivity contribution in [1.29, 1.82) is 0 Å². The number of nitrogens with zero attached hydrogens (tertiary/aromatic N) is 4. The molecule has 0 spiro atoms. The summed E-state index contributed by atoms with van der Waals surface area (Å²) in [6.07, 6.45) is -5.07. The van der Waals surface area contributed by atoms with E-state index in [0.29, 0.717) is 0 Å². The number of aromatic nitrogens is 2. The maximum absolute atomic E-state index is 12.8. The van der Waals surface area contributed by atoms with E-state index in [1.807, 2.05) is 0 Å². The number of carbonyl (C=O) groups excluding carboxylic acids is 2. The van der Waals surface area contributed by atoms with E-state index >= 15 is 0 Å². The molecule has 1 aromatic heterocycles. The second-order valence-electron chi connectivity index (χ2n) is 5.67. The lowest BCUT2D eigenvalue weighted by atomic mass is 10.1. The third kappa shape index (κ3) is 4.69. The first-order valence-electron chi connectivity index (χ1n) is 7.89. The second kappa shape index (κ2) is 8.29. The number of carbonyl (C=O) groups is 2. The third-order valence-electron chi connectivity index (χ3n) is 3.60. The number of guanidine groups is 1. The van der Waals surface area contributed by atoms with E-state index in [1.54, 1.807) is 0 Å². The summed E-state index contributed by atoms with van der Waals surface area (Å²) in [5.41, 5.74) is 4.30. The van der Waals surface area contributed by atoms with Gasteiger partial charge in [0, 0.05) is 7.05 Å². The fourth-order valence-electron chi connectivity index (χ4n) is 2.23. The van der Waals surface area contributed by atoms with Gasteiger partial charge >= 0.3 is 6.36 Å². The van der Waals surface area contributed by atoms with Crippen LogP contribution in [0.3, 0.4) is 0 Å². The highest BCUT2D eigenvalue weighted by Gasteiger charge is 2.34. The maximum atomic E-state index is 12.8.